The standard InChI is InChI=1S/C33H37FN8O4/c34-28-17-42(32(44)22-14-27(43)15-22)8-7-30(28)46-29-6-1-21(13-23(29)16-35)31-36-20-37-33(39-31)38-24-2-4-25(5-3-24)40-9-11-41(12-10-40)26-18-45-19-26/h1-6,13,20,22,26-28,30,43H,7-12,14-15,17-19H2,(H,36,37,38,39)/t22?,27?,28-,30-/m0/s1. The van der Waals surface area contributed by atoms with E-state index in [1.165, 1.54) is 16.9 Å². The predicted octanol–water partition coefficient (Wildman–Crippen LogP) is 2.76. The Balaban J connectivity index is 0.957. The van der Waals surface area contributed by atoms with Crippen molar-refractivity contribution in [3.05, 3.63) is 54.4 Å². The van der Waals surface area contributed by atoms with E-state index in [0.29, 0.717) is 49.2 Å². The number of alkyl halides is 1. The van der Waals surface area contributed by atoms with Gasteiger partial charge in [-0.15, -0.1) is 0 Å². The van der Waals surface area contributed by atoms with E-state index >= 15 is 4.39 Å². The summed E-state index contributed by atoms with van der Waals surface area (Å²) in [7, 11) is 0. The quantitative estimate of drug-likeness (QED) is 0.381. The van der Waals surface area contributed by atoms with Gasteiger partial charge in [-0.3, -0.25) is 9.69 Å². The van der Waals surface area contributed by atoms with Crippen LogP contribution < -0.4 is 15.0 Å². The van der Waals surface area contributed by atoms with Gasteiger partial charge in [0.15, 0.2) is 12.0 Å². The van der Waals surface area contributed by atoms with Crippen molar-refractivity contribution in [2.24, 2.45) is 5.92 Å². The molecule has 3 saturated heterocycles. The molecule has 4 heterocycles. The van der Waals surface area contributed by atoms with E-state index in [-0.39, 0.29) is 29.7 Å². The second-order valence-electron chi connectivity index (χ2n) is 12.4. The molecule has 1 aromatic heterocycles. The number of hydrogen-bond donors (Lipinski definition) is 2. The summed E-state index contributed by atoms with van der Waals surface area (Å²) in [6.45, 7) is 6.03. The Morgan fingerprint density at radius 2 is 1.85 bits per heavy atom. The molecule has 1 aliphatic carbocycles. The molecule has 7 rings (SSSR count). The molecule has 2 atom stereocenters. The molecule has 3 aromatic rings. The van der Waals surface area contributed by atoms with Crippen LogP contribution in [0.2, 0.25) is 0 Å². The summed E-state index contributed by atoms with van der Waals surface area (Å²) in [4.78, 5) is 32.1. The largest absolute Gasteiger partial charge is 0.486 e. The summed E-state index contributed by atoms with van der Waals surface area (Å²) in [6.07, 6.45) is -0.0127. The number of aliphatic hydroxyl groups excluding tert-OH is 1. The number of nitriles is 1. The molecule has 0 radical (unpaired) electrons. The molecule has 0 unspecified atom stereocenters. The van der Waals surface area contributed by atoms with Crippen LogP contribution in [0.3, 0.4) is 0 Å². The van der Waals surface area contributed by atoms with E-state index < -0.39 is 18.4 Å². The highest BCUT2D eigenvalue weighted by Crippen LogP contribution is 2.32. The fourth-order valence-electron chi connectivity index (χ4n) is 6.45. The van der Waals surface area contributed by atoms with Crippen LogP contribution in [0.1, 0.15) is 24.8 Å². The first-order chi connectivity index (χ1) is 22.4. The van der Waals surface area contributed by atoms with Gasteiger partial charge in [0.05, 0.1) is 37.5 Å². The Hall–Kier alpha value is -4.38. The maximum Gasteiger partial charge on any atom is 0.230 e. The number of rotatable bonds is 8. The van der Waals surface area contributed by atoms with Gasteiger partial charge in [0.25, 0.3) is 0 Å². The molecular weight excluding hydrogens is 591 g/mol. The summed E-state index contributed by atoms with van der Waals surface area (Å²) in [5.74, 6) is 0.676. The number of piperidine rings is 1. The van der Waals surface area contributed by atoms with Crippen LogP contribution in [-0.4, -0.2) is 113 Å². The Labute approximate surface area is 266 Å². The Morgan fingerprint density at radius 3 is 2.52 bits per heavy atom. The lowest BCUT2D eigenvalue weighted by Gasteiger charge is -2.43. The smallest absolute Gasteiger partial charge is 0.230 e. The van der Waals surface area contributed by atoms with Gasteiger partial charge in [-0.25, -0.2) is 14.4 Å². The third-order valence-corrected chi connectivity index (χ3v) is 9.40. The molecule has 1 amide bonds. The van der Waals surface area contributed by atoms with Crippen molar-refractivity contribution in [3.63, 3.8) is 0 Å². The van der Waals surface area contributed by atoms with Crippen molar-refractivity contribution >= 4 is 23.2 Å². The minimum atomic E-state index is -1.39. The molecule has 4 aliphatic rings. The van der Waals surface area contributed by atoms with Crippen molar-refractivity contribution in [3.8, 4) is 23.2 Å². The fourth-order valence-corrected chi connectivity index (χ4v) is 6.45. The number of ether oxygens (including phenoxy) is 2. The predicted molar refractivity (Wildman–Crippen MR) is 167 cm³/mol. The zero-order valence-electron chi connectivity index (χ0n) is 25.5. The number of anilines is 3. The summed E-state index contributed by atoms with van der Waals surface area (Å²) in [5, 5.41) is 22.6. The van der Waals surface area contributed by atoms with Gasteiger partial charge < -0.3 is 29.7 Å². The molecule has 2 aromatic carbocycles. The van der Waals surface area contributed by atoms with Crippen LogP contribution >= 0.6 is 0 Å². The molecule has 2 N–H and O–H groups in total. The monoisotopic (exact) mass is 628 g/mol. The van der Waals surface area contributed by atoms with Crippen molar-refractivity contribution in [2.45, 2.75) is 43.7 Å². The lowest BCUT2D eigenvalue weighted by atomic mass is 9.81. The Morgan fingerprint density at radius 1 is 1.07 bits per heavy atom. The first-order valence-electron chi connectivity index (χ1n) is 15.9. The molecule has 1 saturated carbocycles. The van der Waals surface area contributed by atoms with Gasteiger partial charge in [0, 0.05) is 62.0 Å². The number of amides is 1. The SMILES string of the molecule is N#Cc1cc(-c2ncnc(Nc3ccc(N4CCN(C5COC5)CC4)cc3)n2)ccc1O[C@H]1CCN(C(=O)C2CC(O)C2)C[C@@H]1F. The van der Waals surface area contributed by atoms with E-state index in [4.69, 9.17) is 9.47 Å². The highest BCUT2D eigenvalue weighted by atomic mass is 19.1. The number of nitrogens with one attached hydrogen (secondary N) is 1. The molecule has 0 spiro atoms. The van der Waals surface area contributed by atoms with E-state index in [2.05, 4.69) is 48.3 Å². The Bertz CT molecular complexity index is 1590. The average Bonchev–Trinajstić information content (AvgIpc) is 3.04. The zero-order chi connectivity index (χ0) is 31.6. The minimum Gasteiger partial charge on any atom is -0.486 e. The topological polar surface area (TPSA) is 140 Å². The molecule has 0 bridgehead atoms. The highest BCUT2D eigenvalue weighted by molar-refractivity contribution is 5.80. The van der Waals surface area contributed by atoms with Gasteiger partial charge in [-0.1, -0.05) is 0 Å². The molecule has 46 heavy (non-hydrogen) atoms. The number of carbonyl (C=O) groups excluding carboxylic acids is 1. The van der Waals surface area contributed by atoms with Gasteiger partial charge in [0.2, 0.25) is 11.9 Å². The summed E-state index contributed by atoms with van der Waals surface area (Å²) in [6, 6.07) is 15.9. The second-order valence-corrected chi connectivity index (χ2v) is 12.4. The Kier molecular flexibility index (Phi) is 8.66. The minimum absolute atomic E-state index is 0.0625. The van der Waals surface area contributed by atoms with Crippen LogP contribution in [0.5, 0.6) is 5.75 Å². The molecule has 4 fully saturated rings. The van der Waals surface area contributed by atoms with E-state index in [1.807, 2.05) is 12.1 Å². The van der Waals surface area contributed by atoms with Gasteiger partial charge in [-0.05, 0) is 55.3 Å². The van der Waals surface area contributed by atoms with E-state index in [1.54, 1.807) is 18.2 Å². The molecule has 240 valence electrons. The first kappa shape index (κ1) is 30.3. The third-order valence-electron chi connectivity index (χ3n) is 9.40. The number of benzene rings is 2. The van der Waals surface area contributed by atoms with Crippen LogP contribution in [0.4, 0.5) is 21.7 Å². The second kappa shape index (κ2) is 13.2. The number of aromatic nitrogens is 3. The van der Waals surface area contributed by atoms with Crippen LogP contribution in [0.25, 0.3) is 11.4 Å². The van der Waals surface area contributed by atoms with Crippen molar-refractivity contribution in [1.82, 2.24) is 24.8 Å². The number of nitrogens with zero attached hydrogens (tertiary/aromatic N) is 7. The number of piperazine rings is 1. The number of likely N-dealkylation sites (tertiary alicyclic amines) is 1. The molecule has 13 heteroatoms. The summed E-state index contributed by atoms with van der Waals surface area (Å²) in [5.41, 5.74) is 2.84. The lowest BCUT2D eigenvalue weighted by molar-refractivity contribution is -0.146. The van der Waals surface area contributed by atoms with Crippen molar-refractivity contribution < 1.29 is 23.8 Å². The molecule has 12 nitrogen and oxygen atoms in total. The maximum absolute atomic E-state index is 15.1. The van der Waals surface area contributed by atoms with Crippen molar-refractivity contribution in [1.29, 1.82) is 5.26 Å². The van der Waals surface area contributed by atoms with Crippen LogP contribution in [-0.2, 0) is 9.53 Å². The first-order valence-corrected chi connectivity index (χ1v) is 15.9. The number of carbonyl (C=O) groups is 1. The van der Waals surface area contributed by atoms with Crippen LogP contribution in [0.15, 0.2) is 48.8 Å². The number of halogens is 1. The fraction of sp³-hybridized carbons (Fsp3) is 0.485. The molecular formula is C33H37FN8O4. The van der Waals surface area contributed by atoms with Gasteiger partial charge in [-0.2, -0.15) is 10.2 Å². The molecule has 3 aliphatic heterocycles. The number of aliphatic hydroxyl groups is 1. The average molecular weight is 629 g/mol. The van der Waals surface area contributed by atoms with Crippen molar-refractivity contribution in [2.75, 3.05) is 62.7 Å². The maximum atomic E-state index is 15.1. The lowest BCUT2D eigenvalue weighted by Crippen LogP contribution is -2.56. The summed E-state index contributed by atoms with van der Waals surface area (Å²) < 4.78 is 26.4. The van der Waals surface area contributed by atoms with Gasteiger partial charge in [0.1, 0.15) is 24.3 Å². The van der Waals surface area contributed by atoms with Crippen LogP contribution in [0, 0.1) is 17.2 Å². The van der Waals surface area contributed by atoms with E-state index in [9.17, 15) is 15.2 Å². The zero-order valence-corrected chi connectivity index (χ0v) is 25.5. The third kappa shape index (κ3) is 6.46. The highest BCUT2D eigenvalue weighted by Gasteiger charge is 2.40. The number of hydrogen-bond acceptors (Lipinski definition) is 11. The normalized spacial score (nSPS) is 25.2. The van der Waals surface area contributed by atoms with E-state index in [0.717, 1.165) is 45.1 Å². The van der Waals surface area contributed by atoms with Gasteiger partial charge >= 0.3 is 0 Å². The summed E-state index contributed by atoms with van der Waals surface area (Å²) >= 11 is 0.